The molecule has 0 fully saturated rings. The van der Waals surface area contributed by atoms with Gasteiger partial charge in [-0.2, -0.15) is 0 Å². The summed E-state index contributed by atoms with van der Waals surface area (Å²) >= 11 is 0. The molecular formula is C24H26N4O5. The van der Waals surface area contributed by atoms with Crippen molar-refractivity contribution in [1.29, 1.82) is 0 Å². The molecule has 4 rings (SSSR count). The summed E-state index contributed by atoms with van der Waals surface area (Å²) in [4.78, 5) is 27.4. The minimum Gasteiger partial charge on any atom is -0.493 e. The number of nitrogens with zero attached hydrogens (tertiary/aromatic N) is 2. The molecule has 2 heterocycles. The molecule has 0 saturated carbocycles. The molecule has 0 saturated heterocycles. The van der Waals surface area contributed by atoms with Crippen LogP contribution in [0.4, 0.5) is 0 Å². The Hall–Kier alpha value is -3.88. The zero-order valence-electron chi connectivity index (χ0n) is 18.6. The van der Waals surface area contributed by atoms with Gasteiger partial charge in [0.25, 0.3) is 5.56 Å². The van der Waals surface area contributed by atoms with E-state index in [4.69, 9.17) is 14.2 Å². The van der Waals surface area contributed by atoms with Crippen LogP contribution in [0.25, 0.3) is 11.4 Å². The first kappa shape index (κ1) is 22.3. The Morgan fingerprint density at radius 1 is 1.15 bits per heavy atom. The Morgan fingerprint density at radius 3 is 2.82 bits per heavy atom. The Balaban J connectivity index is 1.31. The fraction of sp³-hybridized carbons (Fsp3) is 0.333. The lowest BCUT2D eigenvalue weighted by molar-refractivity contribution is -0.121. The maximum Gasteiger partial charge on any atom is 0.273 e. The Bertz CT molecular complexity index is 1190. The minimum absolute atomic E-state index is 0.125. The van der Waals surface area contributed by atoms with Gasteiger partial charge in [0, 0.05) is 24.9 Å². The van der Waals surface area contributed by atoms with Gasteiger partial charge in [-0.05, 0) is 35.7 Å². The van der Waals surface area contributed by atoms with Crippen molar-refractivity contribution in [3.05, 3.63) is 64.1 Å². The summed E-state index contributed by atoms with van der Waals surface area (Å²) in [5, 5.41) is 11.0. The van der Waals surface area contributed by atoms with Gasteiger partial charge in [0.2, 0.25) is 12.7 Å². The van der Waals surface area contributed by atoms with Crippen LogP contribution in [-0.2, 0) is 17.8 Å². The molecule has 1 amide bonds. The second-order valence-corrected chi connectivity index (χ2v) is 8.15. The molecule has 1 aromatic heterocycles. The number of aromatic amines is 1. The average Bonchev–Trinajstić information content (AvgIpc) is 3.29. The highest BCUT2D eigenvalue weighted by atomic mass is 16.7. The largest absolute Gasteiger partial charge is 0.493 e. The Morgan fingerprint density at radius 2 is 2.00 bits per heavy atom. The van der Waals surface area contributed by atoms with Crippen LogP contribution >= 0.6 is 0 Å². The van der Waals surface area contributed by atoms with Gasteiger partial charge >= 0.3 is 0 Å². The lowest BCUT2D eigenvalue weighted by atomic mass is 10.2. The van der Waals surface area contributed by atoms with E-state index in [0.717, 1.165) is 5.56 Å². The Kier molecular flexibility index (Phi) is 6.87. The van der Waals surface area contributed by atoms with E-state index in [0.29, 0.717) is 47.7 Å². The number of carbonyl (C=O) groups excluding carboxylic acids is 1. The standard InChI is InChI=1S/C24H26N4O5/c1-15(2)13-31-18-5-3-4-17(11-18)23-26-24(30)19(27-28-23)7-9-22(29)25-12-16-6-8-20-21(10-16)33-14-32-20/h3-6,8,10-11,15H,7,9,12-14H2,1-2H3,(H,25,29)(H,26,28,30). The molecule has 172 valence electrons. The smallest absolute Gasteiger partial charge is 0.273 e. The average molecular weight is 450 g/mol. The first-order valence-corrected chi connectivity index (χ1v) is 10.8. The summed E-state index contributed by atoms with van der Waals surface area (Å²) in [6.07, 6.45) is 0.313. The summed E-state index contributed by atoms with van der Waals surface area (Å²) < 4.78 is 16.3. The van der Waals surface area contributed by atoms with Crippen molar-refractivity contribution in [2.75, 3.05) is 13.4 Å². The lowest BCUT2D eigenvalue weighted by Gasteiger charge is -2.09. The second-order valence-electron chi connectivity index (χ2n) is 8.15. The van der Waals surface area contributed by atoms with Crippen LogP contribution in [0.1, 0.15) is 31.5 Å². The zero-order chi connectivity index (χ0) is 23.2. The van der Waals surface area contributed by atoms with Gasteiger partial charge in [-0.15, -0.1) is 10.2 Å². The van der Waals surface area contributed by atoms with E-state index in [-0.39, 0.29) is 36.8 Å². The number of aryl methyl sites for hydroxylation is 1. The third kappa shape index (κ3) is 5.88. The molecular weight excluding hydrogens is 424 g/mol. The van der Waals surface area contributed by atoms with Gasteiger partial charge in [-0.3, -0.25) is 9.59 Å². The van der Waals surface area contributed by atoms with E-state index in [9.17, 15) is 9.59 Å². The third-order valence-electron chi connectivity index (χ3n) is 4.97. The molecule has 1 aliphatic rings. The highest BCUT2D eigenvalue weighted by molar-refractivity contribution is 5.76. The maximum absolute atomic E-state index is 12.5. The van der Waals surface area contributed by atoms with Gasteiger partial charge in [0.1, 0.15) is 11.4 Å². The summed E-state index contributed by atoms with van der Waals surface area (Å²) in [5.41, 5.74) is 1.45. The summed E-state index contributed by atoms with van der Waals surface area (Å²) in [7, 11) is 0. The van der Waals surface area contributed by atoms with Crippen LogP contribution < -0.4 is 25.1 Å². The normalized spacial score (nSPS) is 12.1. The number of aromatic nitrogens is 3. The fourth-order valence-corrected chi connectivity index (χ4v) is 3.22. The van der Waals surface area contributed by atoms with Crippen LogP contribution in [-0.4, -0.2) is 34.5 Å². The molecule has 9 nitrogen and oxygen atoms in total. The van der Waals surface area contributed by atoms with Crippen molar-refractivity contribution in [2.45, 2.75) is 33.2 Å². The first-order chi connectivity index (χ1) is 16.0. The van der Waals surface area contributed by atoms with Crippen molar-refractivity contribution in [3.63, 3.8) is 0 Å². The van der Waals surface area contributed by atoms with Gasteiger partial charge in [-0.25, -0.2) is 0 Å². The number of hydrogen-bond acceptors (Lipinski definition) is 7. The highest BCUT2D eigenvalue weighted by Gasteiger charge is 2.14. The predicted octanol–water partition coefficient (Wildman–Crippen LogP) is 2.84. The van der Waals surface area contributed by atoms with Crippen LogP contribution in [0.3, 0.4) is 0 Å². The van der Waals surface area contributed by atoms with Crippen LogP contribution in [0, 0.1) is 5.92 Å². The third-order valence-corrected chi connectivity index (χ3v) is 4.97. The van der Waals surface area contributed by atoms with Gasteiger partial charge in [-0.1, -0.05) is 32.0 Å². The molecule has 1 aliphatic heterocycles. The molecule has 2 N–H and O–H groups in total. The topological polar surface area (TPSA) is 115 Å². The number of fused-ring (bicyclic) bond motifs is 1. The molecule has 0 aliphatic carbocycles. The molecule has 0 bridgehead atoms. The minimum atomic E-state index is -0.364. The molecule has 33 heavy (non-hydrogen) atoms. The van der Waals surface area contributed by atoms with Crippen molar-refractivity contribution in [2.24, 2.45) is 5.92 Å². The number of carbonyl (C=O) groups is 1. The molecule has 0 unspecified atom stereocenters. The maximum atomic E-state index is 12.5. The van der Waals surface area contributed by atoms with Crippen molar-refractivity contribution in [3.8, 4) is 28.6 Å². The first-order valence-electron chi connectivity index (χ1n) is 10.8. The molecule has 0 atom stereocenters. The van der Waals surface area contributed by atoms with E-state index in [1.54, 1.807) is 0 Å². The van der Waals surface area contributed by atoms with Crippen molar-refractivity contribution >= 4 is 5.91 Å². The van der Waals surface area contributed by atoms with Gasteiger partial charge in [0.15, 0.2) is 17.3 Å². The molecule has 9 heteroatoms. The van der Waals surface area contributed by atoms with Crippen LogP contribution in [0.5, 0.6) is 17.2 Å². The molecule has 2 aromatic carbocycles. The van der Waals surface area contributed by atoms with Crippen molar-refractivity contribution in [1.82, 2.24) is 20.5 Å². The molecule has 3 aromatic rings. The molecule has 0 spiro atoms. The number of hydrogen-bond donors (Lipinski definition) is 2. The number of ether oxygens (including phenoxy) is 3. The lowest BCUT2D eigenvalue weighted by Crippen LogP contribution is -2.25. The highest BCUT2D eigenvalue weighted by Crippen LogP contribution is 2.32. The summed E-state index contributed by atoms with van der Waals surface area (Å²) in [6, 6.07) is 12.8. The van der Waals surface area contributed by atoms with E-state index < -0.39 is 0 Å². The Labute approximate surface area is 191 Å². The summed E-state index contributed by atoms with van der Waals surface area (Å²) in [6.45, 7) is 5.30. The zero-order valence-corrected chi connectivity index (χ0v) is 18.6. The predicted molar refractivity (Wildman–Crippen MR) is 121 cm³/mol. The monoisotopic (exact) mass is 450 g/mol. The number of nitrogens with one attached hydrogen (secondary N) is 2. The number of H-pyrrole nitrogens is 1. The number of rotatable bonds is 9. The number of benzene rings is 2. The summed E-state index contributed by atoms with van der Waals surface area (Å²) in [5.74, 6) is 2.63. The van der Waals surface area contributed by atoms with Crippen LogP contribution in [0.15, 0.2) is 47.3 Å². The quantitative estimate of drug-likeness (QED) is 0.515. The van der Waals surface area contributed by atoms with E-state index in [1.165, 1.54) is 0 Å². The van der Waals surface area contributed by atoms with Crippen LogP contribution in [0.2, 0.25) is 0 Å². The number of amides is 1. The fourth-order valence-electron chi connectivity index (χ4n) is 3.22. The van der Waals surface area contributed by atoms with Crippen molar-refractivity contribution < 1.29 is 19.0 Å². The second kappa shape index (κ2) is 10.2. The van der Waals surface area contributed by atoms with E-state index in [2.05, 4.69) is 34.3 Å². The van der Waals surface area contributed by atoms with E-state index >= 15 is 0 Å². The SMILES string of the molecule is CC(C)COc1cccc(-c2nnc(CCC(=O)NCc3ccc4c(c3)OCO4)c(=O)[nH]2)c1. The molecule has 0 radical (unpaired) electrons. The van der Waals surface area contributed by atoms with E-state index in [1.807, 2.05) is 42.5 Å². The van der Waals surface area contributed by atoms with Gasteiger partial charge in [0.05, 0.1) is 6.61 Å². The van der Waals surface area contributed by atoms with Gasteiger partial charge < -0.3 is 24.5 Å².